The molecule has 1 amide bonds. The van der Waals surface area contributed by atoms with Gasteiger partial charge in [0.15, 0.2) is 0 Å². The summed E-state index contributed by atoms with van der Waals surface area (Å²) in [4.78, 5) is 24.7. The zero-order valence-electron chi connectivity index (χ0n) is 11.1. The summed E-state index contributed by atoms with van der Waals surface area (Å²) < 4.78 is 0. The summed E-state index contributed by atoms with van der Waals surface area (Å²) >= 11 is 0. The van der Waals surface area contributed by atoms with E-state index in [0.717, 1.165) is 0 Å². The third kappa shape index (κ3) is 4.95. The average Bonchev–Trinajstić information content (AvgIpc) is 2.41. The molecule has 0 aliphatic carbocycles. The quantitative estimate of drug-likeness (QED) is 0.206. The van der Waals surface area contributed by atoms with Crippen molar-refractivity contribution in [3.05, 3.63) is 49.9 Å². The molecular formula is C12H15N5O3. The van der Waals surface area contributed by atoms with Gasteiger partial charge in [0.2, 0.25) is 0 Å². The topological polar surface area (TPSA) is 121 Å². The van der Waals surface area contributed by atoms with E-state index in [-0.39, 0.29) is 17.2 Å². The van der Waals surface area contributed by atoms with Gasteiger partial charge >= 0.3 is 0 Å². The lowest BCUT2D eigenvalue weighted by Gasteiger charge is -2.05. The van der Waals surface area contributed by atoms with E-state index in [4.69, 9.17) is 5.53 Å². The van der Waals surface area contributed by atoms with Crippen molar-refractivity contribution < 1.29 is 9.72 Å². The number of unbranched alkanes of at least 4 members (excludes halogenated alkanes) is 1. The average molecular weight is 277 g/mol. The summed E-state index contributed by atoms with van der Waals surface area (Å²) in [5.74, 6) is -0.347. The van der Waals surface area contributed by atoms with Crippen LogP contribution in [0.4, 0.5) is 5.69 Å². The Morgan fingerprint density at radius 1 is 1.45 bits per heavy atom. The summed E-state index contributed by atoms with van der Waals surface area (Å²) in [6.45, 7) is 2.52. The fourth-order valence-electron chi connectivity index (χ4n) is 1.66. The first-order chi connectivity index (χ1) is 9.54. The summed E-state index contributed by atoms with van der Waals surface area (Å²) in [6, 6.07) is 4.27. The van der Waals surface area contributed by atoms with Crippen molar-refractivity contribution in [2.75, 3.05) is 13.1 Å². The molecule has 0 bridgehead atoms. The zero-order chi connectivity index (χ0) is 15.0. The fourth-order valence-corrected chi connectivity index (χ4v) is 1.66. The molecule has 0 aliphatic heterocycles. The predicted octanol–water partition coefficient (Wildman–Crippen LogP) is 2.72. The Morgan fingerprint density at radius 2 is 2.20 bits per heavy atom. The number of azide groups is 1. The first-order valence-corrected chi connectivity index (χ1v) is 6.09. The van der Waals surface area contributed by atoms with Gasteiger partial charge in [0.1, 0.15) is 0 Å². The molecule has 0 saturated heterocycles. The van der Waals surface area contributed by atoms with E-state index in [0.29, 0.717) is 31.5 Å². The Hall–Kier alpha value is -2.60. The molecule has 8 nitrogen and oxygen atoms in total. The molecule has 1 aromatic rings. The summed E-state index contributed by atoms with van der Waals surface area (Å²) in [5.41, 5.74) is 8.92. The Balaban J connectivity index is 2.55. The van der Waals surface area contributed by atoms with Crippen LogP contribution in [0.5, 0.6) is 0 Å². The van der Waals surface area contributed by atoms with E-state index in [1.54, 1.807) is 13.0 Å². The third-order valence-corrected chi connectivity index (χ3v) is 2.57. The van der Waals surface area contributed by atoms with Crippen molar-refractivity contribution in [1.82, 2.24) is 5.32 Å². The van der Waals surface area contributed by atoms with Crippen molar-refractivity contribution in [3.8, 4) is 0 Å². The highest BCUT2D eigenvalue weighted by molar-refractivity contribution is 5.95. The molecule has 1 rings (SSSR count). The molecule has 0 unspecified atom stereocenters. The van der Waals surface area contributed by atoms with Crippen LogP contribution in [0.3, 0.4) is 0 Å². The lowest BCUT2D eigenvalue weighted by atomic mass is 10.1. The number of carbonyl (C=O) groups excluding carboxylic acids is 1. The molecular weight excluding hydrogens is 262 g/mol. The molecule has 0 fully saturated rings. The first-order valence-electron chi connectivity index (χ1n) is 6.09. The van der Waals surface area contributed by atoms with Crippen LogP contribution in [0.25, 0.3) is 10.4 Å². The van der Waals surface area contributed by atoms with E-state index in [1.165, 1.54) is 12.1 Å². The predicted molar refractivity (Wildman–Crippen MR) is 73.4 cm³/mol. The van der Waals surface area contributed by atoms with E-state index in [1.807, 2.05) is 0 Å². The van der Waals surface area contributed by atoms with Gasteiger partial charge in [-0.2, -0.15) is 0 Å². The van der Waals surface area contributed by atoms with Crippen molar-refractivity contribution in [3.63, 3.8) is 0 Å². The lowest BCUT2D eigenvalue weighted by molar-refractivity contribution is -0.384. The van der Waals surface area contributed by atoms with Gasteiger partial charge in [-0.15, -0.1) is 0 Å². The molecule has 8 heteroatoms. The number of rotatable bonds is 7. The SMILES string of the molecule is Cc1cc(C(=O)NCCCCN=[N+]=[N-])cc([N+](=O)[O-])c1. The van der Waals surface area contributed by atoms with Gasteiger partial charge in [0.05, 0.1) is 4.92 Å². The number of aryl methyl sites for hydroxylation is 1. The largest absolute Gasteiger partial charge is 0.352 e. The molecule has 0 aliphatic rings. The fraction of sp³-hybridized carbons (Fsp3) is 0.417. The standard InChI is InChI=1S/C12H15N5O3/c1-9-6-10(8-11(7-9)17(19)20)12(18)14-4-2-3-5-15-16-13/h6-8H,2-5H2,1H3,(H,14,18). The highest BCUT2D eigenvalue weighted by atomic mass is 16.6. The molecule has 0 radical (unpaired) electrons. The van der Waals surface area contributed by atoms with E-state index in [9.17, 15) is 14.9 Å². The smallest absolute Gasteiger partial charge is 0.270 e. The van der Waals surface area contributed by atoms with E-state index < -0.39 is 4.92 Å². The van der Waals surface area contributed by atoms with Gasteiger partial charge in [0.25, 0.3) is 11.6 Å². The van der Waals surface area contributed by atoms with Gasteiger partial charge in [-0.25, -0.2) is 0 Å². The van der Waals surface area contributed by atoms with Crippen LogP contribution in [0, 0.1) is 17.0 Å². The van der Waals surface area contributed by atoms with Gasteiger partial charge in [-0.1, -0.05) is 5.11 Å². The zero-order valence-corrected chi connectivity index (χ0v) is 11.1. The minimum Gasteiger partial charge on any atom is -0.352 e. The summed E-state index contributed by atoms with van der Waals surface area (Å²) in [7, 11) is 0. The number of non-ortho nitro benzene ring substituents is 1. The minimum absolute atomic E-state index is 0.0986. The van der Waals surface area contributed by atoms with Crippen LogP contribution in [-0.4, -0.2) is 23.9 Å². The normalized spacial score (nSPS) is 9.65. The highest BCUT2D eigenvalue weighted by Crippen LogP contribution is 2.16. The summed E-state index contributed by atoms with van der Waals surface area (Å²) in [5, 5.41) is 16.8. The van der Waals surface area contributed by atoms with Crippen molar-refractivity contribution >= 4 is 11.6 Å². The van der Waals surface area contributed by atoms with Crippen LogP contribution in [0.1, 0.15) is 28.8 Å². The first kappa shape index (κ1) is 15.5. The number of amides is 1. The molecule has 0 spiro atoms. The van der Waals surface area contributed by atoms with Crippen molar-refractivity contribution in [1.29, 1.82) is 0 Å². The van der Waals surface area contributed by atoms with Crippen LogP contribution in [0.15, 0.2) is 23.3 Å². The van der Waals surface area contributed by atoms with E-state index >= 15 is 0 Å². The van der Waals surface area contributed by atoms with Crippen LogP contribution in [0.2, 0.25) is 0 Å². The summed E-state index contributed by atoms with van der Waals surface area (Å²) in [6.07, 6.45) is 1.36. The lowest BCUT2D eigenvalue weighted by Crippen LogP contribution is -2.24. The Kier molecular flexibility index (Phi) is 5.99. The molecule has 20 heavy (non-hydrogen) atoms. The number of nitro benzene ring substituents is 1. The number of nitrogens with one attached hydrogen (secondary N) is 1. The van der Waals surface area contributed by atoms with Crippen LogP contribution < -0.4 is 5.32 Å². The van der Waals surface area contributed by atoms with Gasteiger partial charge in [0, 0.05) is 35.7 Å². The van der Waals surface area contributed by atoms with Crippen molar-refractivity contribution in [2.45, 2.75) is 19.8 Å². The highest BCUT2D eigenvalue weighted by Gasteiger charge is 2.12. The maximum Gasteiger partial charge on any atom is 0.270 e. The van der Waals surface area contributed by atoms with Crippen molar-refractivity contribution in [2.24, 2.45) is 5.11 Å². The molecule has 0 heterocycles. The van der Waals surface area contributed by atoms with Gasteiger partial charge in [-0.05, 0) is 36.9 Å². The second-order valence-corrected chi connectivity index (χ2v) is 4.23. The van der Waals surface area contributed by atoms with Gasteiger partial charge < -0.3 is 5.32 Å². The van der Waals surface area contributed by atoms with E-state index in [2.05, 4.69) is 15.3 Å². The Bertz CT molecular complexity index is 552. The minimum atomic E-state index is -0.524. The molecule has 1 N–H and O–H groups in total. The molecule has 106 valence electrons. The number of nitrogens with zero attached hydrogens (tertiary/aromatic N) is 4. The van der Waals surface area contributed by atoms with Gasteiger partial charge in [-0.3, -0.25) is 14.9 Å². The number of hydrogen-bond donors (Lipinski definition) is 1. The van der Waals surface area contributed by atoms with Crippen LogP contribution in [-0.2, 0) is 0 Å². The number of carbonyl (C=O) groups is 1. The monoisotopic (exact) mass is 277 g/mol. The third-order valence-electron chi connectivity index (χ3n) is 2.57. The maximum absolute atomic E-state index is 11.8. The molecule has 0 atom stereocenters. The number of hydrogen-bond acceptors (Lipinski definition) is 4. The second-order valence-electron chi connectivity index (χ2n) is 4.23. The Morgan fingerprint density at radius 3 is 2.85 bits per heavy atom. The molecule has 1 aromatic carbocycles. The number of nitro groups is 1. The second kappa shape index (κ2) is 7.75. The maximum atomic E-state index is 11.8. The molecule has 0 saturated carbocycles. The van der Waals surface area contributed by atoms with Crippen LogP contribution >= 0.6 is 0 Å². The Labute approximate surface area is 115 Å². The molecule has 0 aromatic heterocycles. The number of benzene rings is 1.